The molecule has 1 aromatic heterocycles. The molecule has 4 heteroatoms. The standard InChI is InChI=1S/C19H25N3O/c1-13(19(3,4)5)12-17(23)22-16-8-6-15(7-9-16)18-20-11-10-14(2)21-18/h6-11,13H,12H2,1-5H3,(H,22,23). The molecule has 0 spiro atoms. The highest BCUT2D eigenvalue weighted by molar-refractivity contribution is 5.91. The van der Waals surface area contributed by atoms with E-state index in [0.717, 1.165) is 16.9 Å². The molecular weight excluding hydrogens is 286 g/mol. The second-order valence-corrected chi connectivity index (χ2v) is 7.12. The first-order chi connectivity index (χ1) is 10.8. The molecule has 1 aromatic carbocycles. The van der Waals surface area contributed by atoms with Gasteiger partial charge in [-0.2, -0.15) is 0 Å². The molecule has 23 heavy (non-hydrogen) atoms. The van der Waals surface area contributed by atoms with Crippen molar-refractivity contribution in [3.63, 3.8) is 0 Å². The highest BCUT2D eigenvalue weighted by Crippen LogP contribution is 2.28. The first kappa shape index (κ1) is 17.1. The van der Waals surface area contributed by atoms with Crippen molar-refractivity contribution in [1.29, 1.82) is 0 Å². The van der Waals surface area contributed by atoms with Crippen LogP contribution in [0.25, 0.3) is 11.4 Å². The molecule has 0 aliphatic heterocycles. The minimum atomic E-state index is 0.0481. The quantitative estimate of drug-likeness (QED) is 0.906. The zero-order chi connectivity index (χ0) is 17.0. The monoisotopic (exact) mass is 311 g/mol. The fourth-order valence-corrected chi connectivity index (χ4v) is 2.09. The fraction of sp³-hybridized carbons (Fsp3) is 0.421. The average molecular weight is 311 g/mol. The molecule has 0 aliphatic carbocycles. The third kappa shape index (κ3) is 4.88. The Morgan fingerprint density at radius 2 is 1.83 bits per heavy atom. The number of nitrogens with zero attached hydrogens (tertiary/aromatic N) is 2. The van der Waals surface area contributed by atoms with Crippen LogP contribution in [0.3, 0.4) is 0 Å². The van der Waals surface area contributed by atoms with Crippen LogP contribution in [0, 0.1) is 18.3 Å². The van der Waals surface area contributed by atoms with Gasteiger partial charge in [-0.25, -0.2) is 9.97 Å². The van der Waals surface area contributed by atoms with Crippen molar-refractivity contribution in [2.24, 2.45) is 11.3 Å². The molecule has 2 rings (SSSR count). The SMILES string of the molecule is Cc1ccnc(-c2ccc(NC(=O)CC(C)C(C)(C)C)cc2)n1. The van der Waals surface area contributed by atoms with E-state index in [-0.39, 0.29) is 11.3 Å². The number of benzene rings is 1. The molecule has 0 saturated carbocycles. The predicted octanol–water partition coefficient (Wildman–Crippen LogP) is 4.46. The summed E-state index contributed by atoms with van der Waals surface area (Å²) in [4.78, 5) is 20.8. The molecule has 1 N–H and O–H groups in total. The Kier molecular flexibility index (Phi) is 5.14. The van der Waals surface area contributed by atoms with Crippen LogP contribution in [0.5, 0.6) is 0 Å². The third-order valence-corrected chi connectivity index (χ3v) is 4.19. The minimum absolute atomic E-state index is 0.0481. The Morgan fingerprint density at radius 1 is 1.17 bits per heavy atom. The first-order valence-electron chi connectivity index (χ1n) is 7.95. The molecule has 122 valence electrons. The van der Waals surface area contributed by atoms with Gasteiger partial charge in [0.15, 0.2) is 5.82 Å². The lowest BCUT2D eigenvalue weighted by Crippen LogP contribution is -2.23. The average Bonchev–Trinajstić information content (AvgIpc) is 2.47. The van der Waals surface area contributed by atoms with E-state index in [4.69, 9.17) is 0 Å². The van der Waals surface area contributed by atoms with E-state index in [1.54, 1.807) is 6.20 Å². The van der Waals surface area contributed by atoms with Gasteiger partial charge in [-0.1, -0.05) is 27.7 Å². The van der Waals surface area contributed by atoms with Crippen LogP contribution in [0.2, 0.25) is 0 Å². The zero-order valence-electron chi connectivity index (χ0n) is 14.6. The molecule has 1 amide bonds. The number of anilines is 1. The lowest BCUT2D eigenvalue weighted by Gasteiger charge is -2.26. The number of aryl methyl sites for hydroxylation is 1. The summed E-state index contributed by atoms with van der Waals surface area (Å²) in [5.74, 6) is 1.07. The molecule has 4 nitrogen and oxygen atoms in total. The van der Waals surface area contributed by atoms with Gasteiger partial charge in [-0.3, -0.25) is 4.79 Å². The summed E-state index contributed by atoms with van der Waals surface area (Å²) in [6, 6.07) is 9.50. The fourth-order valence-electron chi connectivity index (χ4n) is 2.09. The predicted molar refractivity (Wildman–Crippen MR) is 94.1 cm³/mol. The maximum Gasteiger partial charge on any atom is 0.224 e. The van der Waals surface area contributed by atoms with Crippen LogP contribution in [0.1, 0.15) is 39.8 Å². The molecular formula is C19H25N3O. The second kappa shape index (κ2) is 6.90. The van der Waals surface area contributed by atoms with Crippen LogP contribution in [-0.2, 0) is 4.79 Å². The summed E-state index contributed by atoms with van der Waals surface area (Å²) in [7, 11) is 0. The summed E-state index contributed by atoms with van der Waals surface area (Å²) < 4.78 is 0. The first-order valence-corrected chi connectivity index (χ1v) is 7.95. The maximum absolute atomic E-state index is 12.1. The summed E-state index contributed by atoms with van der Waals surface area (Å²) in [5, 5.41) is 2.96. The number of nitrogens with one attached hydrogen (secondary N) is 1. The van der Waals surface area contributed by atoms with E-state index in [0.29, 0.717) is 18.2 Å². The highest BCUT2D eigenvalue weighted by atomic mass is 16.1. The maximum atomic E-state index is 12.1. The van der Waals surface area contributed by atoms with Crippen molar-refractivity contribution in [3.8, 4) is 11.4 Å². The number of hydrogen-bond donors (Lipinski definition) is 1. The Hall–Kier alpha value is -2.23. The van der Waals surface area contributed by atoms with Crippen molar-refractivity contribution >= 4 is 11.6 Å². The van der Waals surface area contributed by atoms with E-state index < -0.39 is 0 Å². The van der Waals surface area contributed by atoms with Gasteiger partial charge >= 0.3 is 0 Å². The van der Waals surface area contributed by atoms with Gasteiger partial charge in [-0.05, 0) is 48.6 Å². The lowest BCUT2D eigenvalue weighted by atomic mass is 9.80. The number of rotatable bonds is 4. The van der Waals surface area contributed by atoms with Gasteiger partial charge in [0.2, 0.25) is 5.91 Å². The van der Waals surface area contributed by atoms with E-state index in [1.165, 1.54) is 0 Å². The molecule has 0 radical (unpaired) electrons. The van der Waals surface area contributed by atoms with Gasteiger partial charge in [0.25, 0.3) is 0 Å². The molecule has 1 atom stereocenters. The minimum Gasteiger partial charge on any atom is -0.326 e. The topological polar surface area (TPSA) is 54.9 Å². The van der Waals surface area contributed by atoms with Crippen molar-refractivity contribution < 1.29 is 4.79 Å². The van der Waals surface area contributed by atoms with Gasteiger partial charge in [-0.15, -0.1) is 0 Å². The molecule has 1 heterocycles. The number of amides is 1. The Morgan fingerprint density at radius 3 is 2.39 bits per heavy atom. The summed E-state index contributed by atoms with van der Waals surface area (Å²) in [5.41, 5.74) is 2.80. The largest absolute Gasteiger partial charge is 0.326 e. The van der Waals surface area contributed by atoms with Crippen LogP contribution in [0.4, 0.5) is 5.69 Å². The summed E-state index contributed by atoms with van der Waals surface area (Å²) in [6.45, 7) is 10.5. The number of hydrogen-bond acceptors (Lipinski definition) is 3. The van der Waals surface area contributed by atoms with Gasteiger partial charge < -0.3 is 5.32 Å². The second-order valence-electron chi connectivity index (χ2n) is 7.12. The van der Waals surface area contributed by atoms with E-state index in [1.807, 2.05) is 37.3 Å². The molecule has 0 bridgehead atoms. The number of aromatic nitrogens is 2. The van der Waals surface area contributed by atoms with Gasteiger partial charge in [0.1, 0.15) is 0 Å². The third-order valence-electron chi connectivity index (χ3n) is 4.19. The molecule has 0 fully saturated rings. The highest BCUT2D eigenvalue weighted by Gasteiger charge is 2.22. The van der Waals surface area contributed by atoms with E-state index in [9.17, 15) is 4.79 Å². The summed E-state index contributed by atoms with van der Waals surface area (Å²) in [6.07, 6.45) is 2.27. The molecule has 0 aliphatic rings. The molecule has 0 saturated heterocycles. The Labute approximate surface area is 138 Å². The van der Waals surface area contributed by atoms with E-state index in [2.05, 4.69) is 43.0 Å². The zero-order valence-corrected chi connectivity index (χ0v) is 14.6. The van der Waals surface area contributed by atoms with Crippen LogP contribution in [0.15, 0.2) is 36.5 Å². The summed E-state index contributed by atoms with van der Waals surface area (Å²) >= 11 is 0. The van der Waals surface area contributed by atoms with Crippen LogP contribution >= 0.6 is 0 Å². The van der Waals surface area contributed by atoms with Crippen molar-refractivity contribution in [1.82, 2.24) is 9.97 Å². The van der Waals surface area contributed by atoms with Crippen LogP contribution in [-0.4, -0.2) is 15.9 Å². The number of carbonyl (C=O) groups excluding carboxylic acids is 1. The van der Waals surface area contributed by atoms with E-state index >= 15 is 0 Å². The molecule has 1 unspecified atom stereocenters. The Bertz CT molecular complexity index is 672. The molecule has 2 aromatic rings. The van der Waals surface area contributed by atoms with Gasteiger partial charge in [0.05, 0.1) is 0 Å². The van der Waals surface area contributed by atoms with Crippen molar-refractivity contribution in [2.45, 2.75) is 41.0 Å². The van der Waals surface area contributed by atoms with Crippen molar-refractivity contribution in [2.75, 3.05) is 5.32 Å². The Balaban J connectivity index is 2.01. The van der Waals surface area contributed by atoms with Gasteiger partial charge in [0, 0.05) is 29.6 Å². The lowest BCUT2D eigenvalue weighted by molar-refractivity contribution is -0.117. The normalized spacial score (nSPS) is 12.7. The smallest absolute Gasteiger partial charge is 0.224 e. The van der Waals surface area contributed by atoms with Crippen molar-refractivity contribution in [3.05, 3.63) is 42.2 Å². The van der Waals surface area contributed by atoms with Crippen LogP contribution < -0.4 is 5.32 Å². The number of carbonyl (C=O) groups is 1.